The number of aromatic nitrogens is 1. The van der Waals surface area contributed by atoms with Crippen molar-refractivity contribution in [3.63, 3.8) is 0 Å². The molecule has 92 valence electrons. The number of thiazole rings is 1. The van der Waals surface area contributed by atoms with E-state index in [9.17, 15) is 4.79 Å². The van der Waals surface area contributed by atoms with Crippen LogP contribution in [0.15, 0.2) is 60.8 Å². The zero-order chi connectivity index (χ0) is 13.1. The van der Waals surface area contributed by atoms with Crippen LogP contribution in [0.25, 0.3) is 21.7 Å². The molecule has 19 heavy (non-hydrogen) atoms. The second kappa shape index (κ2) is 5.16. The van der Waals surface area contributed by atoms with E-state index >= 15 is 0 Å². The van der Waals surface area contributed by atoms with E-state index in [4.69, 9.17) is 0 Å². The van der Waals surface area contributed by atoms with Gasteiger partial charge in [0.15, 0.2) is 6.29 Å². The smallest absolute Gasteiger partial charge is 0.161 e. The lowest BCUT2D eigenvalue weighted by molar-refractivity contribution is 0.112. The number of aldehydes is 1. The van der Waals surface area contributed by atoms with Crippen molar-refractivity contribution in [1.82, 2.24) is 4.98 Å². The lowest BCUT2D eigenvalue weighted by Crippen LogP contribution is -1.78. The first-order valence-corrected chi connectivity index (χ1v) is 6.75. The van der Waals surface area contributed by atoms with Crippen LogP contribution in [0.2, 0.25) is 0 Å². The molecule has 0 unspecified atom stereocenters. The molecule has 1 aromatic heterocycles. The van der Waals surface area contributed by atoms with Gasteiger partial charge in [-0.25, -0.2) is 4.98 Å². The van der Waals surface area contributed by atoms with Gasteiger partial charge in [-0.2, -0.15) is 0 Å². The van der Waals surface area contributed by atoms with Crippen LogP contribution < -0.4 is 0 Å². The molecule has 0 fully saturated rings. The molecular weight excluding hydrogens is 254 g/mol. The number of carbonyl (C=O) groups excluding carboxylic acids is 1. The van der Waals surface area contributed by atoms with E-state index < -0.39 is 0 Å². The van der Waals surface area contributed by atoms with E-state index in [2.05, 4.69) is 29.2 Å². The van der Waals surface area contributed by atoms with Crippen LogP contribution in [0.4, 0.5) is 0 Å². The summed E-state index contributed by atoms with van der Waals surface area (Å²) in [6, 6.07) is 18.5. The Labute approximate surface area is 115 Å². The molecule has 2 aromatic carbocycles. The predicted molar refractivity (Wildman–Crippen MR) is 78.4 cm³/mol. The van der Waals surface area contributed by atoms with E-state index in [0.29, 0.717) is 4.88 Å². The van der Waals surface area contributed by atoms with E-state index in [1.807, 2.05) is 30.3 Å². The fourth-order valence-corrected chi connectivity index (χ4v) is 2.65. The normalized spacial score (nSPS) is 10.3. The summed E-state index contributed by atoms with van der Waals surface area (Å²) in [5.41, 5.74) is 3.41. The summed E-state index contributed by atoms with van der Waals surface area (Å²) >= 11 is 1.41. The topological polar surface area (TPSA) is 30.0 Å². The molecule has 0 spiro atoms. The summed E-state index contributed by atoms with van der Waals surface area (Å²) < 4.78 is 0. The SMILES string of the molecule is O=Cc1cnc(-c2ccc(-c3ccccc3)cc2)s1. The third kappa shape index (κ3) is 2.46. The molecule has 3 aromatic rings. The molecule has 0 N–H and O–H groups in total. The quantitative estimate of drug-likeness (QED) is 0.661. The van der Waals surface area contributed by atoms with Gasteiger partial charge in [0.1, 0.15) is 5.01 Å². The standard InChI is InChI=1S/C16H11NOS/c18-11-15-10-17-16(19-15)14-8-6-13(7-9-14)12-4-2-1-3-5-12/h1-11H. The number of rotatable bonds is 3. The van der Waals surface area contributed by atoms with Gasteiger partial charge < -0.3 is 0 Å². The van der Waals surface area contributed by atoms with Gasteiger partial charge in [0.25, 0.3) is 0 Å². The van der Waals surface area contributed by atoms with Crippen molar-refractivity contribution in [2.75, 3.05) is 0 Å². The third-order valence-corrected chi connectivity index (χ3v) is 3.85. The monoisotopic (exact) mass is 265 g/mol. The zero-order valence-electron chi connectivity index (χ0n) is 10.1. The molecular formula is C16H11NOS. The summed E-state index contributed by atoms with van der Waals surface area (Å²) in [4.78, 5) is 15.6. The third-order valence-electron chi connectivity index (χ3n) is 2.88. The Kier molecular flexibility index (Phi) is 3.21. The molecule has 1 heterocycles. The van der Waals surface area contributed by atoms with Crippen LogP contribution in [0.3, 0.4) is 0 Å². The minimum Gasteiger partial charge on any atom is -0.297 e. The van der Waals surface area contributed by atoms with E-state index in [0.717, 1.165) is 16.9 Å². The van der Waals surface area contributed by atoms with Crippen molar-refractivity contribution >= 4 is 17.6 Å². The first kappa shape index (κ1) is 11.8. The molecule has 0 saturated heterocycles. The lowest BCUT2D eigenvalue weighted by atomic mass is 10.0. The lowest BCUT2D eigenvalue weighted by Gasteiger charge is -2.02. The van der Waals surface area contributed by atoms with Gasteiger partial charge in [-0.1, -0.05) is 54.6 Å². The zero-order valence-corrected chi connectivity index (χ0v) is 10.9. The fraction of sp³-hybridized carbons (Fsp3) is 0. The number of carbonyl (C=O) groups is 1. The first-order valence-electron chi connectivity index (χ1n) is 5.94. The van der Waals surface area contributed by atoms with Crippen LogP contribution in [-0.2, 0) is 0 Å². The maximum absolute atomic E-state index is 10.7. The number of benzene rings is 2. The predicted octanol–water partition coefficient (Wildman–Crippen LogP) is 4.29. The molecule has 0 aliphatic rings. The Hall–Kier alpha value is -2.26. The van der Waals surface area contributed by atoms with Crippen LogP contribution in [0, 0.1) is 0 Å². The van der Waals surface area contributed by atoms with Gasteiger partial charge in [-0.05, 0) is 11.1 Å². The van der Waals surface area contributed by atoms with Crippen molar-refractivity contribution in [3.8, 4) is 21.7 Å². The molecule has 0 atom stereocenters. The van der Waals surface area contributed by atoms with Crippen molar-refractivity contribution in [3.05, 3.63) is 65.7 Å². The van der Waals surface area contributed by atoms with Crippen LogP contribution in [0.1, 0.15) is 9.67 Å². The number of hydrogen-bond donors (Lipinski definition) is 0. The highest BCUT2D eigenvalue weighted by molar-refractivity contribution is 7.16. The average molecular weight is 265 g/mol. The first-order chi connectivity index (χ1) is 9.36. The Morgan fingerprint density at radius 2 is 1.47 bits per heavy atom. The second-order valence-corrected chi connectivity index (χ2v) is 5.19. The van der Waals surface area contributed by atoms with Crippen LogP contribution in [0.5, 0.6) is 0 Å². The summed E-state index contributed by atoms with van der Waals surface area (Å²) in [5.74, 6) is 0. The Bertz CT molecular complexity index is 686. The highest BCUT2D eigenvalue weighted by atomic mass is 32.1. The minimum absolute atomic E-state index is 0.655. The molecule has 3 heteroatoms. The van der Waals surface area contributed by atoms with Crippen molar-refractivity contribution in [2.24, 2.45) is 0 Å². The van der Waals surface area contributed by atoms with Gasteiger partial charge in [-0.3, -0.25) is 4.79 Å². The van der Waals surface area contributed by atoms with Crippen molar-refractivity contribution in [2.45, 2.75) is 0 Å². The summed E-state index contributed by atoms with van der Waals surface area (Å²) in [7, 11) is 0. The van der Waals surface area contributed by atoms with Crippen LogP contribution >= 0.6 is 11.3 Å². The Morgan fingerprint density at radius 3 is 2.11 bits per heavy atom. The van der Waals surface area contributed by atoms with Gasteiger partial charge in [0.05, 0.1) is 4.88 Å². The molecule has 0 bridgehead atoms. The molecule has 0 amide bonds. The molecule has 0 saturated carbocycles. The molecule has 2 nitrogen and oxygen atoms in total. The Balaban J connectivity index is 1.92. The van der Waals surface area contributed by atoms with Crippen LogP contribution in [-0.4, -0.2) is 11.3 Å². The molecule has 0 aliphatic heterocycles. The summed E-state index contributed by atoms with van der Waals surface area (Å²) in [6.07, 6.45) is 2.44. The van der Waals surface area contributed by atoms with Gasteiger partial charge in [0, 0.05) is 11.8 Å². The maximum atomic E-state index is 10.7. The maximum Gasteiger partial charge on any atom is 0.161 e. The summed E-state index contributed by atoms with van der Waals surface area (Å²) in [6.45, 7) is 0. The molecule has 3 rings (SSSR count). The number of hydrogen-bond acceptors (Lipinski definition) is 3. The minimum atomic E-state index is 0.655. The van der Waals surface area contributed by atoms with E-state index in [1.165, 1.54) is 22.5 Å². The number of nitrogens with zero attached hydrogens (tertiary/aromatic N) is 1. The fourth-order valence-electron chi connectivity index (χ4n) is 1.91. The highest BCUT2D eigenvalue weighted by Gasteiger charge is 2.04. The van der Waals surface area contributed by atoms with Crippen molar-refractivity contribution < 1.29 is 4.79 Å². The van der Waals surface area contributed by atoms with E-state index in [-0.39, 0.29) is 0 Å². The van der Waals surface area contributed by atoms with Gasteiger partial charge in [-0.15, -0.1) is 11.3 Å². The van der Waals surface area contributed by atoms with Crippen molar-refractivity contribution in [1.29, 1.82) is 0 Å². The van der Waals surface area contributed by atoms with E-state index in [1.54, 1.807) is 6.20 Å². The highest BCUT2D eigenvalue weighted by Crippen LogP contribution is 2.27. The average Bonchev–Trinajstić information content (AvgIpc) is 2.97. The Morgan fingerprint density at radius 1 is 0.842 bits per heavy atom. The largest absolute Gasteiger partial charge is 0.297 e. The molecule has 0 aliphatic carbocycles. The van der Waals surface area contributed by atoms with Gasteiger partial charge in [0.2, 0.25) is 0 Å². The molecule has 0 radical (unpaired) electrons. The summed E-state index contributed by atoms with van der Waals surface area (Å²) in [5, 5.41) is 0.877. The second-order valence-electron chi connectivity index (χ2n) is 4.13. The van der Waals surface area contributed by atoms with Gasteiger partial charge >= 0.3 is 0 Å².